The molecular weight excluding hydrogens is 754 g/mol. The standard InChI is InChI=1S/C38H53N7O9.C2H4O2/c1-38(2,3)42-36(51)30-11-8-16-45(30)37(52)34(49)29(21-25-9-6-5-7-10-25)40-35(50)28(39)22-31(46)41-32(47)24-54-27-14-12-26(13-15-27)43(4)33(48)23-44-17-19-53-20-18-44;1-2(3)4/h5-7,9-10,12-15,28-30,34,49H,8,11,16-24,39H2,1-4H3,(H,40,50)(H,42,51)(H,41,46,47);1H3,(H,3,4)/t28-,29-,30-,34-;/m0./s1. The van der Waals surface area contributed by atoms with E-state index in [1.165, 1.54) is 9.80 Å². The number of nitrogens with one attached hydrogen (secondary N) is 3. The smallest absolute Gasteiger partial charge is 0.300 e. The Hall–Kier alpha value is -5.43. The topological polar surface area (TPSA) is 250 Å². The van der Waals surface area contributed by atoms with Gasteiger partial charge in [0.15, 0.2) is 12.7 Å². The van der Waals surface area contributed by atoms with Crippen LogP contribution in [0.1, 0.15) is 52.5 Å². The summed E-state index contributed by atoms with van der Waals surface area (Å²) in [6.07, 6.45) is -1.23. The van der Waals surface area contributed by atoms with Gasteiger partial charge >= 0.3 is 0 Å². The Morgan fingerprint density at radius 2 is 1.59 bits per heavy atom. The zero-order valence-electron chi connectivity index (χ0n) is 33.8. The molecule has 0 saturated carbocycles. The number of hydrogen-bond acceptors (Lipinski definition) is 12. The van der Waals surface area contributed by atoms with Crippen LogP contribution in [-0.2, 0) is 44.7 Å². The minimum Gasteiger partial charge on any atom is -0.484 e. The fourth-order valence-electron chi connectivity index (χ4n) is 6.15. The van der Waals surface area contributed by atoms with Crippen LogP contribution in [0.25, 0.3) is 0 Å². The van der Waals surface area contributed by atoms with Crippen LogP contribution in [0.3, 0.4) is 0 Å². The van der Waals surface area contributed by atoms with Crippen LogP contribution in [0, 0.1) is 0 Å². The molecule has 2 heterocycles. The third kappa shape index (κ3) is 15.8. The number of rotatable bonds is 15. The molecule has 58 heavy (non-hydrogen) atoms. The Morgan fingerprint density at radius 1 is 0.966 bits per heavy atom. The van der Waals surface area contributed by atoms with Crippen molar-refractivity contribution < 1.29 is 53.2 Å². The first-order valence-corrected chi connectivity index (χ1v) is 19.1. The Morgan fingerprint density at radius 3 is 2.19 bits per heavy atom. The minimum absolute atomic E-state index is 0.0585. The summed E-state index contributed by atoms with van der Waals surface area (Å²) < 4.78 is 10.8. The predicted molar refractivity (Wildman–Crippen MR) is 212 cm³/mol. The van der Waals surface area contributed by atoms with E-state index in [1.807, 2.05) is 25.7 Å². The molecule has 7 N–H and O–H groups in total. The number of morpholine rings is 1. The van der Waals surface area contributed by atoms with Crippen molar-refractivity contribution in [2.24, 2.45) is 5.73 Å². The average Bonchev–Trinajstić information content (AvgIpc) is 3.66. The maximum atomic E-state index is 13.6. The first-order valence-electron chi connectivity index (χ1n) is 19.1. The molecule has 318 valence electrons. The highest BCUT2D eigenvalue weighted by molar-refractivity contribution is 5.98. The van der Waals surface area contributed by atoms with Gasteiger partial charge in [-0.1, -0.05) is 30.3 Å². The van der Waals surface area contributed by atoms with Gasteiger partial charge in [-0.2, -0.15) is 0 Å². The second-order valence-corrected chi connectivity index (χ2v) is 15.1. The van der Waals surface area contributed by atoms with Crippen molar-refractivity contribution in [1.29, 1.82) is 0 Å². The molecule has 2 aliphatic rings. The fraction of sp³-hybridized carbons (Fsp3) is 0.525. The molecule has 2 saturated heterocycles. The zero-order valence-corrected chi connectivity index (χ0v) is 33.8. The van der Waals surface area contributed by atoms with E-state index in [2.05, 4.69) is 16.0 Å². The number of imide groups is 1. The van der Waals surface area contributed by atoms with Gasteiger partial charge in [-0.3, -0.25) is 43.8 Å². The first-order chi connectivity index (χ1) is 27.3. The lowest BCUT2D eigenvalue weighted by Gasteiger charge is -2.32. The quantitative estimate of drug-likeness (QED) is 0.137. The highest BCUT2D eigenvalue weighted by atomic mass is 16.5. The number of aliphatic hydroxyl groups is 1. The van der Waals surface area contributed by atoms with Crippen LogP contribution >= 0.6 is 0 Å². The third-order valence-electron chi connectivity index (χ3n) is 9.05. The molecule has 18 heteroatoms. The average molecular weight is 812 g/mol. The molecule has 0 unspecified atom stereocenters. The Labute approximate surface area is 338 Å². The van der Waals surface area contributed by atoms with Gasteiger partial charge in [-0.15, -0.1) is 0 Å². The second kappa shape index (κ2) is 22.5. The number of likely N-dealkylation sites (tertiary alicyclic amines) is 1. The SMILES string of the molecule is CC(=O)O.CN(C(=O)CN1CCOCC1)c1ccc(OCC(=O)NC(=O)C[C@H](N)C(=O)N[C@@H](Cc2ccccc2)[C@H](O)C(=O)N2CCC[C@H]2C(=O)NC(C)(C)C)cc1. The highest BCUT2D eigenvalue weighted by Gasteiger charge is 2.40. The summed E-state index contributed by atoms with van der Waals surface area (Å²) in [5.41, 5.74) is 6.88. The molecule has 2 fully saturated rings. The van der Waals surface area contributed by atoms with E-state index < -0.39 is 72.4 Å². The molecule has 0 radical (unpaired) electrons. The normalized spacial score (nSPS) is 17.0. The summed E-state index contributed by atoms with van der Waals surface area (Å²) in [5, 5.41) is 26.4. The van der Waals surface area contributed by atoms with E-state index in [0.29, 0.717) is 56.1 Å². The van der Waals surface area contributed by atoms with Crippen molar-refractivity contribution in [3.8, 4) is 5.75 Å². The molecule has 2 aromatic carbocycles. The number of aliphatic carboxylic acids is 1. The molecule has 6 amide bonds. The molecular formula is C40H57N7O11. The summed E-state index contributed by atoms with van der Waals surface area (Å²) in [6.45, 7) is 9.18. The minimum atomic E-state index is -1.72. The first kappa shape index (κ1) is 46.9. The molecule has 2 aliphatic heterocycles. The van der Waals surface area contributed by atoms with Crippen molar-refractivity contribution in [2.75, 3.05) is 57.9 Å². The number of nitrogens with zero attached hydrogens (tertiary/aromatic N) is 3. The largest absolute Gasteiger partial charge is 0.484 e. The van der Waals surface area contributed by atoms with E-state index in [0.717, 1.165) is 6.92 Å². The number of likely N-dealkylation sites (N-methyl/N-ethyl adjacent to an activating group) is 1. The lowest BCUT2D eigenvalue weighted by Crippen LogP contribution is -2.58. The molecule has 2 aromatic rings. The summed E-state index contributed by atoms with van der Waals surface area (Å²) in [6, 6.07) is 12.1. The Bertz CT molecular complexity index is 1710. The van der Waals surface area contributed by atoms with Gasteiger partial charge in [0.25, 0.3) is 17.8 Å². The van der Waals surface area contributed by atoms with Gasteiger partial charge in [0.2, 0.25) is 23.6 Å². The molecule has 18 nitrogen and oxygen atoms in total. The van der Waals surface area contributed by atoms with Gasteiger partial charge in [-0.25, -0.2) is 0 Å². The molecule has 0 aliphatic carbocycles. The maximum absolute atomic E-state index is 13.6. The Balaban J connectivity index is 0.00000215. The van der Waals surface area contributed by atoms with Crippen LogP contribution in [0.15, 0.2) is 54.6 Å². The summed E-state index contributed by atoms with van der Waals surface area (Å²) in [4.78, 5) is 91.5. The number of aliphatic hydroxyl groups excluding tert-OH is 1. The third-order valence-corrected chi connectivity index (χ3v) is 9.05. The van der Waals surface area contributed by atoms with Gasteiger partial charge in [0.05, 0.1) is 38.3 Å². The van der Waals surface area contributed by atoms with Crippen LogP contribution in [-0.4, -0.2) is 144 Å². The van der Waals surface area contributed by atoms with Crippen molar-refractivity contribution in [3.63, 3.8) is 0 Å². The molecule has 0 aromatic heterocycles. The second-order valence-electron chi connectivity index (χ2n) is 15.1. The number of carbonyl (C=O) groups is 7. The van der Waals surface area contributed by atoms with Crippen molar-refractivity contribution >= 4 is 47.1 Å². The molecule has 4 rings (SSSR count). The fourth-order valence-corrected chi connectivity index (χ4v) is 6.15. The van der Waals surface area contributed by atoms with E-state index in [9.17, 15) is 33.9 Å². The van der Waals surface area contributed by atoms with Crippen molar-refractivity contribution in [2.45, 2.75) is 83.1 Å². The van der Waals surface area contributed by atoms with Crippen LogP contribution in [0.4, 0.5) is 5.69 Å². The summed E-state index contributed by atoms with van der Waals surface area (Å²) in [5.74, 6) is -4.04. The molecule has 4 atom stereocenters. The number of ether oxygens (including phenoxy) is 2. The molecule has 0 bridgehead atoms. The number of amides is 6. The number of carbonyl (C=O) groups excluding carboxylic acids is 6. The maximum Gasteiger partial charge on any atom is 0.300 e. The number of carboxylic acid groups (broad SMARTS) is 1. The van der Waals surface area contributed by atoms with E-state index >= 15 is 0 Å². The molecule has 0 spiro atoms. The number of hydrogen-bond donors (Lipinski definition) is 6. The summed E-state index contributed by atoms with van der Waals surface area (Å²) >= 11 is 0. The lowest BCUT2D eigenvalue weighted by molar-refractivity contribution is -0.147. The van der Waals surface area contributed by atoms with E-state index in [4.69, 9.17) is 25.1 Å². The van der Waals surface area contributed by atoms with Crippen LogP contribution < -0.4 is 31.3 Å². The highest BCUT2D eigenvalue weighted by Crippen LogP contribution is 2.22. The van der Waals surface area contributed by atoms with Gasteiger partial charge in [0, 0.05) is 44.8 Å². The number of nitrogens with two attached hydrogens (primary N) is 1. The van der Waals surface area contributed by atoms with Crippen LogP contribution in [0.2, 0.25) is 0 Å². The summed E-state index contributed by atoms with van der Waals surface area (Å²) in [7, 11) is 1.67. The number of carboxylic acids is 1. The lowest BCUT2D eigenvalue weighted by atomic mass is 9.99. The van der Waals surface area contributed by atoms with Gasteiger partial charge in [0.1, 0.15) is 11.8 Å². The predicted octanol–water partition coefficient (Wildman–Crippen LogP) is -0.194. The monoisotopic (exact) mass is 811 g/mol. The van der Waals surface area contributed by atoms with E-state index in [1.54, 1.807) is 61.6 Å². The van der Waals surface area contributed by atoms with Crippen LogP contribution in [0.5, 0.6) is 5.75 Å². The van der Waals surface area contributed by atoms with Gasteiger partial charge < -0.3 is 45.9 Å². The van der Waals surface area contributed by atoms with Crippen molar-refractivity contribution in [1.82, 2.24) is 25.8 Å². The number of anilines is 1. The van der Waals surface area contributed by atoms with Gasteiger partial charge in [-0.05, 0) is 69.9 Å². The van der Waals surface area contributed by atoms with Crippen molar-refractivity contribution in [3.05, 3.63) is 60.2 Å². The van der Waals surface area contributed by atoms with E-state index in [-0.39, 0.29) is 31.3 Å². The Kier molecular flexibility index (Phi) is 18.2. The number of benzene rings is 2. The zero-order chi connectivity index (χ0) is 43.0.